The van der Waals surface area contributed by atoms with Crippen LogP contribution >= 0.6 is 0 Å². The number of hydrogen-bond donors (Lipinski definition) is 6. The van der Waals surface area contributed by atoms with Gasteiger partial charge >= 0.3 is 5.97 Å². The number of carbonyl (C=O) groups is 3. The number of oxime groups is 2. The first kappa shape index (κ1) is 110. The van der Waals surface area contributed by atoms with E-state index in [-0.39, 0.29) is 91.8 Å². The van der Waals surface area contributed by atoms with Crippen LogP contribution in [0.4, 0.5) is 0 Å². The van der Waals surface area contributed by atoms with Crippen molar-refractivity contribution in [1.82, 2.24) is 15.5 Å². The fraction of sp³-hybridized carbons (Fsp3) is 0.551. The number of nitrogens with zero attached hydrogens (tertiary/aromatic N) is 5. The predicted molar refractivity (Wildman–Crippen MR) is 513 cm³/mol. The molecule has 8 N–H and O–H groups in total. The van der Waals surface area contributed by atoms with Crippen molar-refractivity contribution < 1.29 is 113 Å². The number of primary amides is 1. The molecule has 0 spiro atoms. The summed E-state index contributed by atoms with van der Waals surface area (Å²) in [5, 5.41) is 49.2. The Morgan fingerprint density at radius 3 is 1.02 bits per heavy atom. The molecule has 0 radical (unpaired) electrons. The van der Waals surface area contributed by atoms with Gasteiger partial charge in [-0.2, -0.15) is 10.2 Å². The standard InChI is InChI=1S/C19H26N2O5S.C19H24N2O4S.C15H22N2O4S.C15H21NO4S.C15H19NO3S.C15H20O5S/c1-3-19(27(24,25)15-6-4-5-13(2)11-15)9-10-26-16(12-19)17(21-23)20-18(22)14-7-8-14;1-3-19(26(22,23)15-6-4-5-13(2)11-15)9-10-24-16(12-19)17-20-18(25-21-17)14-7-8-14;1-3-15(7-8-21-13(10-15)14(16)17-18)22(19,20)12-6-4-5-11(2)9-12;1-3-15(7-8-20-13(10-15)14(16)17)21(18,19)12-6-4-5-11(2)9-12;1-3-15(7-8-19-13(10-15)11-16)20(17,18)14-6-4-5-12(2)9-14;1-3-15(7-8-20-13(10-15)14(16)17)21(18,19)12-6-4-5-11(2)9-12/h4-6,11,14,16,23H,3,7-10,12H2,1-2H3,(H,20,21,22);4-6,11,14,16H,3,7-10,12H2,1-2H3;4-6,9,13,18H,3,7-8,10H2,1-2H3,(H2,16,17);4-6,9,13H,3,7-8,10H2,1-2H3,(H2,16,17);4-6,9,13H,3,7-8,10H2,1-2H3;4-6,9,13H,3,7-8,10H2,1-2H3,(H,16,17). The molecule has 39 heteroatoms. The van der Waals surface area contributed by atoms with Crippen LogP contribution in [0, 0.1) is 58.8 Å². The van der Waals surface area contributed by atoms with Gasteiger partial charge in [0.05, 0.1) is 63.9 Å². The maximum atomic E-state index is 13.5. The first-order valence-corrected chi connectivity index (χ1v) is 55.5. The van der Waals surface area contributed by atoms with Crippen LogP contribution in [0.2, 0.25) is 0 Å². The lowest BCUT2D eigenvalue weighted by molar-refractivity contribution is -0.154. The fourth-order valence-electron chi connectivity index (χ4n) is 18.7. The molecule has 12 atom stereocenters. The molecule has 2 aliphatic carbocycles. The van der Waals surface area contributed by atoms with Gasteiger partial charge in [-0.15, -0.1) is 0 Å². The lowest BCUT2D eigenvalue weighted by Gasteiger charge is -2.39. The number of hydrogen-bond acceptors (Lipinski definition) is 29. The maximum Gasteiger partial charge on any atom is 0.332 e. The van der Waals surface area contributed by atoms with Gasteiger partial charge in [0.25, 0.3) is 0 Å². The van der Waals surface area contributed by atoms with Crippen molar-refractivity contribution in [1.29, 1.82) is 5.26 Å². The van der Waals surface area contributed by atoms with E-state index in [2.05, 4.69) is 25.8 Å². The third-order valence-electron chi connectivity index (χ3n) is 28.2. The average Bonchev–Trinajstić information content (AvgIpc) is 1.26. The largest absolute Gasteiger partial charge is 0.479 e. The monoisotopic (exact) mass is 2010 g/mol. The molecule has 750 valence electrons. The number of benzene rings is 6. The zero-order valence-electron chi connectivity index (χ0n) is 79.9. The van der Waals surface area contributed by atoms with Crippen molar-refractivity contribution in [2.45, 2.75) is 325 Å². The predicted octanol–water partition coefficient (Wildman–Crippen LogP) is 14.4. The van der Waals surface area contributed by atoms with Gasteiger partial charge < -0.3 is 65.2 Å². The van der Waals surface area contributed by atoms with Crippen molar-refractivity contribution in [2.24, 2.45) is 27.7 Å². The number of nitriles is 1. The third-order valence-corrected chi connectivity index (χ3v) is 44.2. The Labute approximate surface area is 805 Å². The number of nitrogens with one attached hydrogen (secondary N) is 1. The van der Waals surface area contributed by atoms with Crippen LogP contribution in [0.1, 0.15) is 240 Å². The van der Waals surface area contributed by atoms with Crippen molar-refractivity contribution in [2.75, 3.05) is 39.6 Å². The number of carbonyl (C=O) groups excluding carboxylic acids is 2. The smallest absolute Gasteiger partial charge is 0.332 e. The Bertz CT molecular complexity index is 6150. The van der Waals surface area contributed by atoms with Crippen molar-refractivity contribution in [3.8, 4) is 6.07 Å². The van der Waals surface area contributed by atoms with Gasteiger partial charge in [0.1, 0.15) is 30.5 Å². The molecular weight excluding hydrogens is 1880 g/mol. The number of aliphatic carboxylic acids is 1. The van der Waals surface area contributed by atoms with E-state index < -0.39 is 136 Å². The van der Waals surface area contributed by atoms with Gasteiger partial charge in [0, 0.05) is 90.0 Å². The van der Waals surface area contributed by atoms with E-state index in [9.17, 15) is 70.1 Å². The summed E-state index contributed by atoms with van der Waals surface area (Å²) < 4.78 is 191. The van der Waals surface area contributed by atoms with E-state index in [0.717, 1.165) is 59.1 Å². The summed E-state index contributed by atoms with van der Waals surface area (Å²) in [5.41, 5.74) is 16.3. The number of amides is 2. The van der Waals surface area contributed by atoms with Crippen LogP contribution in [-0.2, 0) is 102 Å². The summed E-state index contributed by atoms with van der Waals surface area (Å²) in [4.78, 5) is 40.9. The van der Waals surface area contributed by atoms with E-state index in [4.69, 9.17) is 60.0 Å². The van der Waals surface area contributed by atoms with Gasteiger partial charge in [-0.25, -0.2) is 55.3 Å². The fourth-order valence-corrected chi connectivity index (χ4v) is 31.9. The molecule has 33 nitrogen and oxygen atoms in total. The van der Waals surface area contributed by atoms with E-state index in [0.29, 0.717) is 134 Å². The lowest BCUT2D eigenvalue weighted by Crippen LogP contribution is -2.52. The number of carboxylic acids is 1. The molecule has 2 amide bonds. The summed E-state index contributed by atoms with van der Waals surface area (Å²) in [6.07, 6.45) is 5.42. The molecule has 15 rings (SSSR count). The summed E-state index contributed by atoms with van der Waals surface area (Å²) >= 11 is 0. The Morgan fingerprint density at radius 2 is 0.715 bits per heavy atom. The van der Waals surface area contributed by atoms with Gasteiger partial charge in [-0.05, 0) is 250 Å². The molecule has 6 aliphatic heterocycles. The number of aromatic nitrogens is 2. The average molecular weight is 2010 g/mol. The van der Waals surface area contributed by atoms with E-state index in [1.807, 2.05) is 119 Å². The molecule has 8 fully saturated rings. The topological polar surface area (TPSA) is 524 Å². The first-order chi connectivity index (χ1) is 64.7. The Morgan fingerprint density at radius 1 is 0.416 bits per heavy atom. The number of nitrogens with two attached hydrogens (primary N) is 2. The number of amidine groups is 2. The number of ether oxygens (including phenoxy) is 6. The van der Waals surface area contributed by atoms with Crippen LogP contribution in [0.3, 0.4) is 0 Å². The Balaban J connectivity index is 0.000000170. The van der Waals surface area contributed by atoms with Crippen LogP contribution in [0.5, 0.6) is 0 Å². The number of carboxylic acid groups (broad SMARTS) is 1. The summed E-state index contributed by atoms with van der Waals surface area (Å²) in [6, 6.07) is 43.5. The minimum absolute atomic E-state index is 0.00485. The van der Waals surface area contributed by atoms with Crippen LogP contribution in [-0.4, -0.2) is 204 Å². The zero-order chi connectivity index (χ0) is 101. The summed E-state index contributed by atoms with van der Waals surface area (Å²) in [7, 11) is -21.3. The van der Waals surface area contributed by atoms with Gasteiger partial charge in [-0.1, -0.05) is 130 Å². The summed E-state index contributed by atoms with van der Waals surface area (Å²) in [5.74, 6) is -0.578. The second-order valence-corrected chi connectivity index (χ2v) is 51.0. The van der Waals surface area contributed by atoms with Gasteiger partial charge in [0.15, 0.2) is 76.8 Å². The number of sulfone groups is 6. The minimum Gasteiger partial charge on any atom is -0.479 e. The Kier molecular flexibility index (Phi) is 36.7. The molecule has 7 aromatic rings. The van der Waals surface area contributed by atoms with E-state index in [1.54, 1.807) is 116 Å². The molecule has 1 aromatic heterocycles. The highest BCUT2D eigenvalue weighted by atomic mass is 32.2. The Hall–Kier alpha value is -9.44. The highest BCUT2D eigenvalue weighted by Gasteiger charge is 2.55. The highest BCUT2D eigenvalue weighted by molar-refractivity contribution is 7.94. The zero-order valence-corrected chi connectivity index (χ0v) is 84.8. The SMILES string of the molecule is CCC1(S(=O)(=O)c2cccc(C)c2)CCOC(/C(=N/O)NC(=O)C2CC2)C1.CCC1(S(=O)(=O)c2cccc(C)c2)CCOC(/C(N)=N/O)C1.CCC1(S(=O)(=O)c2cccc(C)c2)CCOC(C#N)C1.CCC1(S(=O)(=O)c2cccc(C)c2)CCOC(C(=O)O)C1.CCC1(S(=O)(=O)c2cccc(C)c2)CCOC(C(N)=O)C1.CCC1(S(=O)(=O)c2cccc(C)c2)CCOC(c2noc(C3CC3)n2)C1. The van der Waals surface area contributed by atoms with Crippen LogP contribution in [0.15, 0.2) is 190 Å². The number of aryl methyl sites for hydroxylation is 6. The summed E-state index contributed by atoms with van der Waals surface area (Å²) in [6.45, 7) is 23.8. The van der Waals surface area contributed by atoms with Crippen LogP contribution < -0.4 is 16.8 Å². The van der Waals surface area contributed by atoms with Crippen molar-refractivity contribution >= 4 is 88.5 Å². The molecule has 6 aromatic carbocycles. The third kappa shape index (κ3) is 24.4. The molecule has 137 heavy (non-hydrogen) atoms. The van der Waals surface area contributed by atoms with Gasteiger partial charge in [0.2, 0.25) is 23.5 Å². The number of rotatable bonds is 25. The molecule has 12 unspecified atom stereocenters. The molecule has 7 heterocycles. The maximum absolute atomic E-state index is 13.5. The first-order valence-electron chi connectivity index (χ1n) is 46.6. The lowest BCUT2D eigenvalue weighted by atomic mass is 9.91. The second-order valence-electron chi connectivity index (χ2n) is 36.9. The molecule has 0 bridgehead atoms. The quantitative estimate of drug-likeness (QED) is 0.0134. The second kappa shape index (κ2) is 45.9. The van der Waals surface area contributed by atoms with Crippen molar-refractivity contribution in [3.63, 3.8) is 0 Å². The highest BCUT2D eigenvalue weighted by Crippen LogP contribution is 2.49. The molecule has 6 saturated heterocycles. The molecule has 2 saturated carbocycles. The van der Waals surface area contributed by atoms with E-state index in [1.165, 1.54) is 0 Å². The normalized spacial score (nSPS) is 26.7. The van der Waals surface area contributed by atoms with Gasteiger partial charge in [-0.3, -0.25) is 9.59 Å². The minimum atomic E-state index is -3.63. The molecule has 8 aliphatic rings. The van der Waals surface area contributed by atoms with Crippen molar-refractivity contribution in [3.05, 3.63) is 191 Å². The van der Waals surface area contributed by atoms with E-state index >= 15 is 0 Å². The van der Waals surface area contributed by atoms with Crippen LogP contribution in [0.25, 0.3) is 0 Å². The molecular formula is C98H132N8O25S6.